The van der Waals surface area contributed by atoms with Crippen LogP contribution in [0.3, 0.4) is 0 Å². The molecule has 0 bridgehead atoms. The van der Waals surface area contributed by atoms with Gasteiger partial charge in [0.25, 0.3) is 0 Å². The maximum atomic E-state index is 15.5. The zero-order valence-electron chi connectivity index (χ0n) is 31.7. The predicted molar refractivity (Wildman–Crippen MR) is 220 cm³/mol. The minimum Gasteiger partial charge on any atom is -0.445 e. The van der Waals surface area contributed by atoms with Gasteiger partial charge in [0, 0.05) is 34.8 Å². The number of carbonyl (C=O) groups is 2. The van der Waals surface area contributed by atoms with E-state index in [9.17, 15) is 14.4 Å². The highest BCUT2D eigenvalue weighted by atomic mass is 35.5. The van der Waals surface area contributed by atoms with E-state index in [4.69, 9.17) is 16.3 Å². The van der Waals surface area contributed by atoms with E-state index in [1.54, 1.807) is 24.4 Å². The Morgan fingerprint density at radius 2 is 1.64 bits per heavy atom. The Morgan fingerprint density at radius 1 is 0.911 bits per heavy atom. The number of halogens is 2. The van der Waals surface area contributed by atoms with Crippen LogP contribution in [0.2, 0.25) is 5.02 Å². The van der Waals surface area contributed by atoms with Crippen LogP contribution in [0, 0.1) is 5.82 Å². The second kappa shape index (κ2) is 19.3. The quantitative estimate of drug-likeness (QED) is 0.0591. The van der Waals surface area contributed by atoms with E-state index in [1.165, 1.54) is 4.57 Å². The lowest BCUT2D eigenvalue weighted by atomic mass is 9.99. The molecule has 2 atom stereocenters. The number of ether oxygens (including phenoxy) is 1. The van der Waals surface area contributed by atoms with E-state index in [1.807, 2.05) is 91.9 Å². The van der Waals surface area contributed by atoms with Gasteiger partial charge < -0.3 is 20.4 Å². The predicted octanol–water partition coefficient (Wildman–Crippen LogP) is 9.90. The summed E-state index contributed by atoms with van der Waals surface area (Å²) >= 11 is 6.37. The molecule has 6 rings (SSSR count). The first-order chi connectivity index (χ1) is 27.2. The molecule has 0 aliphatic rings. The molecule has 0 fully saturated rings. The number of fused-ring (bicyclic) bond motifs is 1. The van der Waals surface area contributed by atoms with Crippen LogP contribution < -0.4 is 16.3 Å². The van der Waals surface area contributed by atoms with Gasteiger partial charge in [-0.15, -0.1) is 0 Å². The highest BCUT2D eigenvalue weighted by molar-refractivity contribution is 6.31. The van der Waals surface area contributed by atoms with Crippen LogP contribution in [0.1, 0.15) is 85.5 Å². The summed E-state index contributed by atoms with van der Waals surface area (Å²) in [5.74, 6) is -0.539. The maximum absolute atomic E-state index is 15.5. The Bertz CT molecular complexity index is 2290. The number of amides is 1. The molecule has 0 radical (unpaired) electrons. The van der Waals surface area contributed by atoms with Crippen LogP contribution in [-0.2, 0) is 17.8 Å². The number of hydrogen-bond acceptors (Lipinski definition) is 6. The standard InChI is InChI=1S/C45H47ClFN5O4/c1-3-4-7-19-39(48-27-41(53)34-17-10-6-11-18-34)33-20-22-36(23-21-33)52-28-35-26-40(50-43(35)51-44(52)54)37-24-32(25-38(46)42(37)47)16-12-13-30(2)49-45(55)56-29-31-14-8-5-9-15-31/h5-6,8-11,14-15,17-18,20-26,28,30,39,48H,3-4,7,12-13,16,19,27,29H2,1-2H3,(H,49,55)(H,50,51,54)/t30-,39+/m0/s1. The average Bonchev–Trinajstić information content (AvgIpc) is 3.62. The number of aromatic nitrogens is 3. The highest BCUT2D eigenvalue weighted by Crippen LogP contribution is 2.31. The van der Waals surface area contributed by atoms with Gasteiger partial charge in [-0.1, -0.05) is 111 Å². The Labute approximate surface area is 331 Å². The lowest BCUT2D eigenvalue weighted by Crippen LogP contribution is -2.33. The zero-order chi connectivity index (χ0) is 39.4. The Kier molecular flexibility index (Phi) is 13.8. The number of nitrogens with one attached hydrogen (secondary N) is 3. The van der Waals surface area contributed by atoms with E-state index in [0.29, 0.717) is 40.8 Å². The SMILES string of the molecule is CCCCC[C@@H](NCC(=O)c1ccccc1)c1ccc(-n2cc3cc(-c4cc(CCC[C@H](C)NC(=O)OCc5ccccc5)cc(Cl)c4F)[nH]c3nc2=O)cc1. The molecule has 3 N–H and O–H groups in total. The number of ketones is 1. The first-order valence-corrected chi connectivity index (χ1v) is 19.6. The Morgan fingerprint density at radius 3 is 2.38 bits per heavy atom. The van der Waals surface area contributed by atoms with Crippen molar-refractivity contribution in [3.05, 3.63) is 153 Å². The molecular formula is C45H47ClFN5O4. The van der Waals surface area contributed by atoms with Crippen molar-refractivity contribution in [2.45, 2.75) is 77.5 Å². The van der Waals surface area contributed by atoms with Gasteiger partial charge in [-0.05, 0) is 79.6 Å². The summed E-state index contributed by atoms with van der Waals surface area (Å²) in [7, 11) is 0. The van der Waals surface area contributed by atoms with Gasteiger partial charge in [-0.3, -0.25) is 9.36 Å². The lowest BCUT2D eigenvalue weighted by molar-refractivity contribution is 0.0986. The van der Waals surface area contributed by atoms with Gasteiger partial charge >= 0.3 is 11.8 Å². The third-order valence-corrected chi connectivity index (χ3v) is 10.1. The summed E-state index contributed by atoms with van der Waals surface area (Å²) in [5, 5.41) is 6.93. The summed E-state index contributed by atoms with van der Waals surface area (Å²) in [6.07, 6.45) is 7.29. The van der Waals surface area contributed by atoms with Crippen molar-refractivity contribution >= 4 is 34.5 Å². The van der Waals surface area contributed by atoms with Crippen molar-refractivity contribution in [3.63, 3.8) is 0 Å². The number of aromatic amines is 1. The molecule has 0 aliphatic carbocycles. The number of carbonyl (C=O) groups excluding carboxylic acids is 2. The molecule has 2 aromatic heterocycles. The van der Waals surface area contributed by atoms with Crippen molar-refractivity contribution in [1.82, 2.24) is 25.2 Å². The summed E-state index contributed by atoms with van der Waals surface area (Å²) in [4.78, 5) is 45.7. The Hall–Kier alpha value is -5.58. The number of unbranched alkanes of at least 4 members (excludes halogenated alkanes) is 2. The minimum absolute atomic E-state index is 0.00799. The summed E-state index contributed by atoms with van der Waals surface area (Å²) < 4.78 is 22.3. The molecule has 0 aliphatic heterocycles. The van der Waals surface area contributed by atoms with Crippen molar-refractivity contribution < 1.29 is 18.7 Å². The van der Waals surface area contributed by atoms with Crippen molar-refractivity contribution in [2.24, 2.45) is 0 Å². The van der Waals surface area contributed by atoms with Gasteiger partial charge in [-0.2, -0.15) is 4.98 Å². The topological polar surface area (TPSA) is 118 Å². The van der Waals surface area contributed by atoms with Crippen molar-refractivity contribution in [2.75, 3.05) is 6.54 Å². The molecule has 4 aromatic carbocycles. The molecule has 56 heavy (non-hydrogen) atoms. The van der Waals surface area contributed by atoms with Crippen molar-refractivity contribution in [3.8, 4) is 16.9 Å². The number of alkyl carbamates (subject to hydrolysis) is 1. The molecule has 9 nitrogen and oxygen atoms in total. The zero-order valence-corrected chi connectivity index (χ0v) is 32.5. The number of hydrogen-bond donors (Lipinski definition) is 3. The first-order valence-electron chi connectivity index (χ1n) is 19.2. The van der Waals surface area contributed by atoms with E-state index in [2.05, 4.69) is 27.5 Å². The third kappa shape index (κ3) is 10.6. The van der Waals surface area contributed by atoms with Crippen LogP contribution in [0.4, 0.5) is 9.18 Å². The molecule has 0 saturated heterocycles. The summed E-state index contributed by atoms with van der Waals surface area (Å²) in [6, 6.07) is 31.4. The van der Waals surface area contributed by atoms with Crippen LogP contribution in [0.25, 0.3) is 28.0 Å². The molecule has 2 heterocycles. The maximum Gasteiger partial charge on any atom is 0.407 e. The number of rotatable bonds is 18. The van der Waals surface area contributed by atoms with Crippen molar-refractivity contribution in [1.29, 1.82) is 0 Å². The van der Waals surface area contributed by atoms with Gasteiger partial charge in [0.15, 0.2) is 11.6 Å². The van der Waals surface area contributed by atoms with Crippen LogP contribution >= 0.6 is 11.6 Å². The molecule has 1 amide bonds. The number of nitrogens with zero attached hydrogens (tertiary/aromatic N) is 2. The van der Waals surface area contributed by atoms with Gasteiger partial charge in [-0.25, -0.2) is 14.0 Å². The molecule has 0 unspecified atom stereocenters. The number of H-pyrrole nitrogens is 1. The van der Waals surface area contributed by atoms with Crippen LogP contribution in [-0.4, -0.2) is 39.0 Å². The van der Waals surface area contributed by atoms with Crippen LogP contribution in [0.15, 0.2) is 114 Å². The number of benzene rings is 4. The number of aryl methyl sites for hydroxylation is 1. The second-order valence-electron chi connectivity index (χ2n) is 14.1. The third-order valence-electron chi connectivity index (χ3n) is 9.84. The van der Waals surface area contributed by atoms with Gasteiger partial charge in [0.2, 0.25) is 0 Å². The van der Waals surface area contributed by atoms with E-state index in [0.717, 1.165) is 48.8 Å². The average molecular weight is 776 g/mol. The lowest BCUT2D eigenvalue weighted by Gasteiger charge is -2.19. The van der Waals surface area contributed by atoms with Gasteiger partial charge in [0.05, 0.1) is 22.9 Å². The van der Waals surface area contributed by atoms with E-state index in [-0.39, 0.29) is 41.6 Å². The largest absolute Gasteiger partial charge is 0.445 e. The molecule has 0 saturated carbocycles. The van der Waals surface area contributed by atoms with E-state index >= 15 is 4.39 Å². The molecular weight excluding hydrogens is 729 g/mol. The molecule has 11 heteroatoms. The summed E-state index contributed by atoms with van der Waals surface area (Å²) in [5.41, 5.74) is 4.65. The number of Topliss-reactive ketones (excluding diaryl/α,β-unsaturated/α-hetero) is 1. The van der Waals surface area contributed by atoms with E-state index < -0.39 is 17.6 Å². The highest BCUT2D eigenvalue weighted by Gasteiger charge is 2.18. The monoisotopic (exact) mass is 775 g/mol. The molecule has 290 valence electrons. The minimum atomic E-state index is -0.573. The fourth-order valence-corrected chi connectivity index (χ4v) is 7.00. The first kappa shape index (κ1) is 40.1. The van der Waals surface area contributed by atoms with Gasteiger partial charge in [0.1, 0.15) is 12.3 Å². The normalized spacial score (nSPS) is 12.4. The second-order valence-corrected chi connectivity index (χ2v) is 14.5. The molecule has 6 aromatic rings. The molecule has 0 spiro atoms. The van der Waals surface area contributed by atoms with Crippen LogP contribution in [0.5, 0.6) is 0 Å². The smallest absolute Gasteiger partial charge is 0.407 e. The Balaban J connectivity index is 1.11. The fourth-order valence-electron chi connectivity index (χ4n) is 6.75. The fraction of sp³-hybridized carbons (Fsp3) is 0.289. The summed E-state index contributed by atoms with van der Waals surface area (Å²) in [6.45, 7) is 4.49.